The van der Waals surface area contributed by atoms with Crippen molar-refractivity contribution in [3.63, 3.8) is 0 Å². The lowest BCUT2D eigenvalue weighted by molar-refractivity contribution is 0.326. The molecule has 0 aliphatic heterocycles. The fourth-order valence-electron chi connectivity index (χ4n) is 1.57. The summed E-state index contributed by atoms with van der Waals surface area (Å²) < 4.78 is 5.28. The van der Waals surface area contributed by atoms with Crippen LogP contribution in [0.3, 0.4) is 0 Å². The van der Waals surface area contributed by atoms with Gasteiger partial charge in [0.25, 0.3) is 0 Å². The van der Waals surface area contributed by atoms with Crippen molar-refractivity contribution in [3.8, 4) is 11.6 Å². The number of para-hydroxylation sites is 1. The first-order valence-corrected chi connectivity index (χ1v) is 4.94. The van der Waals surface area contributed by atoms with Crippen LogP contribution in [0.1, 0.15) is 12.5 Å². The Morgan fingerprint density at radius 2 is 2.20 bits per heavy atom. The van der Waals surface area contributed by atoms with Gasteiger partial charge in [0.1, 0.15) is 5.75 Å². The second-order valence-electron chi connectivity index (χ2n) is 3.38. The Kier molecular flexibility index (Phi) is 2.46. The van der Waals surface area contributed by atoms with Gasteiger partial charge in [0.05, 0.1) is 12.1 Å². The van der Waals surface area contributed by atoms with Crippen LogP contribution in [0.25, 0.3) is 10.9 Å². The second kappa shape index (κ2) is 3.77. The summed E-state index contributed by atoms with van der Waals surface area (Å²) in [4.78, 5) is 4.34. The molecule has 0 atom stereocenters. The van der Waals surface area contributed by atoms with Crippen molar-refractivity contribution < 1.29 is 9.84 Å². The Balaban J connectivity index is 2.68. The summed E-state index contributed by atoms with van der Waals surface area (Å²) in [7, 11) is 0. The number of nitrogens with zero attached hydrogens (tertiary/aromatic N) is 1. The first kappa shape index (κ1) is 9.77. The van der Waals surface area contributed by atoms with E-state index in [-0.39, 0.29) is 5.75 Å². The van der Waals surface area contributed by atoms with E-state index >= 15 is 0 Å². The molecule has 0 saturated carbocycles. The average Bonchev–Trinajstić information content (AvgIpc) is 2.20. The molecule has 0 spiro atoms. The van der Waals surface area contributed by atoms with Crippen LogP contribution in [0.2, 0.25) is 0 Å². The summed E-state index contributed by atoms with van der Waals surface area (Å²) in [6.45, 7) is 4.40. The number of rotatable bonds is 2. The normalized spacial score (nSPS) is 10.5. The van der Waals surface area contributed by atoms with E-state index in [4.69, 9.17) is 4.74 Å². The molecule has 1 aromatic carbocycles. The van der Waals surface area contributed by atoms with Gasteiger partial charge >= 0.3 is 0 Å². The minimum Gasteiger partial charge on any atom is -0.507 e. The number of ether oxygens (including phenoxy) is 1. The van der Waals surface area contributed by atoms with Gasteiger partial charge in [-0.25, -0.2) is 4.98 Å². The maximum Gasteiger partial charge on any atom is 0.217 e. The molecule has 0 aliphatic rings. The summed E-state index contributed by atoms with van der Waals surface area (Å²) in [5, 5.41) is 10.5. The van der Waals surface area contributed by atoms with Crippen LogP contribution in [0.4, 0.5) is 0 Å². The van der Waals surface area contributed by atoms with Crippen molar-refractivity contribution in [1.82, 2.24) is 4.98 Å². The topological polar surface area (TPSA) is 42.4 Å². The highest BCUT2D eigenvalue weighted by Crippen LogP contribution is 2.28. The number of aromatic nitrogens is 1. The SMILES string of the molecule is CCOc1cc(O)c2cccc(C)c2n1. The van der Waals surface area contributed by atoms with Crippen LogP contribution in [0, 0.1) is 6.92 Å². The molecule has 3 nitrogen and oxygen atoms in total. The van der Waals surface area contributed by atoms with Crippen LogP contribution < -0.4 is 4.74 Å². The van der Waals surface area contributed by atoms with E-state index < -0.39 is 0 Å². The van der Waals surface area contributed by atoms with Gasteiger partial charge in [0.2, 0.25) is 5.88 Å². The molecule has 0 aliphatic carbocycles. The summed E-state index contributed by atoms with van der Waals surface area (Å²) in [6, 6.07) is 7.26. The molecular weight excluding hydrogens is 190 g/mol. The lowest BCUT2D eigenvalue weighted by Gasteiger charge is -2.07. The van der Waals surface area contributed by atoms with Crippen molar-refractivity contribution in [1.29, 1.82) is 0 Å². The number of aromatic hydroxyl groups is 1. The molecule has 3 heteroatoms. The Morgan fingerprint density at radius 3 is 2.93 bits per heavy atom. The molecule has 2 aromatic rings. The highest BCUT2D eigenvalue weighted by molar-refractivity contribution is 5.87. The van der Waals surface area contributed by atoms with Crippen molar-refractivity contribution in [2.75, 3.05) is 6.61 Å². The Bertz CT molecular complexity index is 494. The van der Waals surface area contributed by atoms with E-state index in [1.807, 2.05) is 32.0 Å². The van der Waals surface area contributed by atoms with Crippen LogP contribution in [0.15, 0.2) is 24.3 Å². The summed E-state index contributed by atoms with van der Waals surface area (Å²) in [6.07, 6.45) is 0. The number of benzene rings is 1. The van der Waals surface area contributed by atoms with Gasteiger partial charge < -0.3 is 9.84 Å². The summed E-state index contributed by atoms with van der Waals surface area (Å²) >= 11 is 0. The molecule has 0 saturated heterocycles. The third kappa shape index (κ3) is 1.73. The molecule has 0 unspecified atom stereocenters. The van der Waals surface area contributed by atoms with Crippen molar-refractivity contribution in [2.45, 2.75) is 13.8 Å². The average molecular weight is 203 g/mol. The number of fused-ring (bicyclic) bond motifs is 1. The Hall–Kier alpha value is -1.77. The zero-order valence-corrected chi connectivity index (χ0v) is 8.82. The zero-order valence-electron chi connectivity index (χ0n) is 8.82. The number of pyridine rings is 1. The van der Waals surface area contributed by atoms with Gasteiger partial charge in [-0.3, -0.25) is 0 Å². The smallest absolute Gasteiger partial charge is 0.217 e. The maximum absolute atomic E-state index is 9.78. The molecule has 78 valence electrons. The molecule has 0 amide bonds. The second-order valence-corrected chi connectivity index (χ2v) is 3.38. The van der Waals surface area contributed by atoms with Gasteiger partial charge in [-0.1, -0.05) is 12.1 Å². The third-order valence-corrected chi connectivity index (χ3v) is 2.29. The largest absolute Gasteiger partial charge is 0.507 e. The highest BCUT2D eigenvalue weighted by atomic mass is 16.5. The minimum atomic E-state index is 0.215. The highest BCUT2D eigenvalue weighted by Gasteiger charge is 2.06. The Labute approximate surface area is 88.3 Å². The van der Waals surface area contributed by atoms with Crippen LogP contribution in [-0.4, -0.2) is 16.7 Å². The monoisotopic (exact) mass is 203 g/mol. The van der Waals surface area contributed by atoms with E-state index in [0.717, 1.165) is 16.5 Å². The molecule has 2 rings (SSSR count). The van der Waals surface area contributed by atoms with Gasteiger partial charge in [-0.2, -0.15) is 0 Å². The van der Waals surface area contributed by atoms with Crippen LogP contribution in [0.5, 0.6) is 11.6 Å². The van der Waals surface area contributed by atoms with E-state index in [1.165, 1.54) is 0 Å². The number of hydrogen-bond donors (Lipinski definition) is 1. The molecule has 15 heavy (non-hydrogen) atoms. The molecule has 0 fully saturated rings. The van der Waals surface area contributed by atoms with Crippen molar-refractivity contribution >= 4 is 10.9 Å². The predicted octanol–water partition coefficient (Wildman–Crippen LogP) is 2.65. The first-order chi connectivity index (χ1) is 7.22. The van der Waals surface area contributed by atoms with Gasteiger partial charge in [0, 0.05) is 11.5 Å². The third-order valence-electron chi connectivity index (χ3n) is 2.29. The number of hydrogen-bond acceptors (Lipinski definition) is 3. The van der Waals surface area contributed by atoms with Gasteiger partial charge in [-0.05, 0) is 25.5 Å². The van der Waals surface area contributed by atoms with Crippen LogP contribution in [-0.2, 0) is 0 Å². The van der Waals surface area contributed by atoms with E-state index in [0.29, 0.717) is 12.5 Å². The quantitative estimate of drug-likeness (QED) is 0.815. The lowest BCUT2D eigenvalue weighted by Crippen LogP contribution is -1.95. The molecule has 1 N–H and O–H groups in total. The zero-order chi connectivity index (χ0) is 10.8. The van der Waals surface area contributed by atoms with Crippen LogP contribution >= 0.6 is 0 Å². The maximum atomic E-state index is 9.78. The van der Waals surface area contributed by atoms with Gasteiger partial charge in [0.15, 0.2) is 0 Å². The fraction of sp³-hybridized carbons (Fsp3) is 0.250. The van der Waals surface area contributed by atoms with Gasteiger partial charge in [-0.15, -0.1) is 0 Å². The predicted molar refractivity (Wildman–Crippen MR) is 59.3 cm³/mol. The van der Waals surface area contributed by atoms with E-state index in [1.54, 1.807) is 6.07 Å². The van der Waals surface area contributed by atoms with Crippen molar-refractivity contribution in [2.24, 2.45) is 0 Å². The lowest BCUT2D eigenvalue weighted by atomic mass is 10.1. The molecule has 1 heterocycles. The molecule has 0 radical (unpaired) electrons. The van der Waals surface area contributed by atoms with E-state index in [9.17, 15) is 5.11 Å². The molecule has 0 bridgehead atoms. The summed E-state index contributed by atoms with van der Waals surface area (Å²) in [5.41, 5.74) is 1.82. The fourth-order valence-corrected chi connectivity index (χ4v) is 1.57. The standard InChI is InChI=1S/C12H13NO2/c1-3-15-11-7-10(14)9-6-4-5-8(2)12(9)13-11/h4-7H,3H2,1-2H3,(H,13,14). The van der Waals surface area contributed by atoms with E-state index in [2.05, 4.69) is 4.98 Å². The number of aryl methyl sites for hydroxylation is 1. The van der Waals surface area contributed by atoms with Crippen molar-refractivity contribution in [3.05, 3.63) is 29.8 Å². The summed E-state index contributed by atoms with van der Waals surface area (Å²) in [5.74, 6) is 0.684. The molecular formula is C12H13NO2. The Morgan fingerprint density at radius 1 is 1.40 bits per heavy atom. The first-order valence-electron chi connectivity index (χ1n) is 4.94. The minimum absolute atomic E-state index is 0.215. The molecule has 1 aromatic heterocycles.